The summed E-state index contributed by atoms with van der Waals surface area (Å²) in [5, 5.41) is 12.2. The molecule has 28 heavy (non-hydrogen) atoms. The van der Waals surface area contributed by atoms with Gasteiger partial charge in [0, 0.05) is 25.0 Å². The van der Waals surface area contributed by atoms with Gasteiger partial charge < -0.3 is 15.0 Å². The van der Waals surface area contributed by atoms with E-state index in [2.05, 4.69) is 34.5 Å². The molecule has 2 aromatic carbocycles. The van der Waals surface area contributed by atoms with Gasteiger partial charge in [0.1, 0.15) is 17.4 Å². The number of hydrogen-bond acceptors (Lipinski definition) is 4. The fourth-order valence-electron chi connectivity index (χ4n) is 3.43. The summed E-state index contributed by atoms with van der Waals surface area (Å²) in [6.07, 6.45) is 4.90. The number of anilines is 1. The largest absolute Gasteiger partial charge is 0.497 e. The molecule has 5 heteroatoms. The summed E-state index contributed by atoms with van der Waals surface area (Å²) in [6, 6.07) is 19.6. The molecule has 1 aliphatic heterocycles. The number of carbonyl (C=O) groups excluding carboxylic acids is 1. The molecule has 1 N–H and O–H groups in total. The number of nitriles is 1. The van der Waals surface area contributed by atoms with Crippen LogP contribution < -0.4 is 10.1 Å². The minimum absolute atomic E-state index is 0.123. The van der Waals surface area contributed by atoms with Gasteiger partial charge in [0.15, 0.2) is 0 Å². The quantitative estimate of drug-likeness (QED) is 0.612. The molecule has 1 fully saturated rings. The molecular formula is C23H25N3O2. The van der Waals surface area contributed by atoms with Crippen LogP contribution in [0.5, 0.6) is 5.75 Å². The molecule has 1 aliphatic rings. The smallest absolute Gasteiger partial charge is 0.267 e. The summed E-state index contributed by atoms with van der Waals surface area (Å²) in [5.74, 6) is 0.970. The lowest BCUT2D eigenvalue weighted by Crippen LogP contribution is -2.31. The van der Waals surface area contributed by atoms with Gasteiger partial charge in [0.05, 0.1) is 7.11 Å². The van der Waals surface area contributed by atoms with Crippen molar-refractivity contribution >= 4 is 11.6 Å². The second-order valence-electron chi connectivity index (χ2n) is 7.01. The highest BCUT2D eigenvalue weighted by Crippen LogP contribution is 2.22. The van der Waals surface area contributed by atoms with Crippen LogP contribution in [0, 0.1) is 17.2 Å². The first kappa shape index (κ1) is 19.5. The van der Waals surface area contributed by atoms with Crippen LogP contribution in [-0.4, -0.2) is 31.0 Å². The van der Waals surface area contributed by atoms with E-state index < -0.39 is 0 Å². The van der Waals surface area contributed by atoms with E-state index in [0.717, 1.165) is 32.4 Å². The SMILES string of the molecule is COc1ccc(NC(=O)/C(C#N)=C\N2CCC(Cc3ccccc3)CC2)cc1. The predicted octanol–water partition coefficient (Wildman–Crippen LogP) is 4.00. The van der Waals surface area contributed by atoms with Gasteiger partial charge in [-0.05, 0) is 55.0 Å². The fourth-order valence-corrected chi connectivity index (χ4v) is 3.43. The summed E-state index contributed by atoms with van der Waals surface area (Å²) < 4.78 is 5.11. The molecule has 0 unspecified atom stereocenters. The number of nitrogens with zero attached hydrogens (tertiary/aromatic N) is 2. The van der Waals surface area contributed by atoms with Crippen molar-refractivity contribution in [2.45, 2.75) is 19.3 Å². The summed E-state index contributed by atoms with van der Waals surface area (Å²) in [4.78, 5) is 14.5. The van der Waals surface area contributed by atoms with Gasteiger partial charge in [-0.1, -0.05) is 30.3 Å². The van der Waals surface area contributed by atoms with Crippen molar-refractivity contribution in [1.29, 1.82) is 5.26 Å². The average molecular weight is 375 g/mol. The Kier molecular flexibility index (Phi) is 6.69. The number of nitrogens with one attached hydrogen (secondary N) is 1. The Balaban J connectivity index is 1.54. The molecule has 0 saturated carbocycles. The molecule has 1 heterocycles. The van der Waals surface area contributed by atoms with Gasteiger partial charge in [-0.25, -0.2) is 0 Å². The number of methoxy groups -OCH3 is 1. The second-order valence-corrected chi connectivity index (χ2v) is 7.01. The van der Waals surface area contributed by atoms with Gasteiger partial charge in [-0.3, -0.25) is 4.79 Å². The van der Waals surface area contributed by atoms with Crippen LogP contribution >= 0.6 is 0 Å². The van der Waals surface area contributed by atoms with E-state index in [0.29, 0.717) is 17.4 Å². The van der Waals surface area contributed by atoms with Crippen molar-refractivity contribution in [3.05, 3.63) is 71.9 Å². The Morgan fingerprint density at radius 2 is 1.86 bits per heavy atom. The van der Waals surface area contributed by atoms with Crippen molar-refractivity contribution in [2.24, 2.45) is 5.92 Å². The molecule has 1 saturated heterocycles. The van der Waals surface area contributed by atoms with Gasteiger partial charge in [-0.15, -0.1) is 0 Å². The molecule has 1 amide bonds. The van der Waals surface area contributed by atoms with Crippen molar-refractivity contribution in [1.82, 2.24) is 4.90 Å². The van der Waals surface area contributed by atoms with Crippen LogP contribution in [0.4, 0.5) is 5.69 Å². The predicted molar refractivity (Wildman–Crippen MR) is 110 cm³/mol. The van der Waals surface area contributed by atoms with Crippen LogP contribution in [0.1, 0.15) is 18.4 Å². The third kappa shape index (κ3) is 5.37. The van der Waals surface area contributed by atoms with Crippen LogP contribution in [-0.2, 0) is 11.2 Å². The molecule has 0 spiro atoms. The molecule has 0 radical (unpaired) electrons. The normalized spacial score (nSPS) is 15.0. The number of benzene rings is 2. The summed E-state index contributed by atoms with van der Waals surface area (Å²) in [7, 11) is 1.59. The number of hydrogen-bond donors (Lipinski definition) is 1. The van der Waals surface area contributed by atoms with Gasteiger partial charge in [-0.2, -0.15) is 5.26 Å². The Bertz CT molecular complexity index is 846. The highest BCUT2D eigenvalue weighted by Gasteiger charge is 2.19. The third-order valence-corrected chi connectivity index (χ3v) is 5.04. The first-order valence-electron chi connectivity index (χ1n) is 9.53. The lowest BCUT2D eigenvalue weighted by Gasteiger charge is -2.31. The van der Waals surface area contributed by atoms with E-state index in [1.165, 1.54) is 5.56 Å². The zero-order valence-electron chi connectivity index (χ0n) is 16.1. The van der Waals surface area contributed by atoms with E-state index in [-0.39, 0.29) is 11.5 Å². The van der Waals surface area contributed by atoms with Crippen LogP contribution in [0.2, 0.25) is 0 Å². The van der Waals surface area contributed by atoms with Crippen LogP contribution in [0.15, 0.2) is 66.4 Å². The maximum absolute atomic E-state index is 12.4. The van der Waals surface area contributed by atoms with Crippen molar-refractivity contribution in [3.63, 3.8) is 0 Å². The Morgan fingerprint density at radius 1 is 1.18 bits per heavy atom. The summed E-state index contributed by atoms with van der Waals surface area (Å²) in [5.41, 5.74) is 2.12. The standard InChI is InChI=1S/C23H25N3O2/c1-28-22-9-7-21(8-10-22)25-23(27)20(16-24)17-26-13-11-19(12-14-26)15-18-5-3-2-4-6-18/h2-10,17,19H,11-15H2,1H3,(H,25,27)/b20-17-. The molecule has 0 bridgehead atoms. The Labute approximate surface area is 166 Å². The van der Waals surface area contributed by atoms with Crippen molar-refractivity contribution in [2.75, 3.05) is 25.5 Å². The molecule has 3 rings (SSSR count). The maximum atomic E-state index is 12.4. The highest BCUT2D eigenvalue weighted by molar-refractivity contribution is 6.06. The van der Waals surface area contributed by atoms with Crippen molar-refractivity contribution in [3.8, 4) is 11.8 Å². The maximum Gasteiger partial charge on any atom is 0.267 e. The van der Waals surface area contributed by atoms with E-state index in [4.69, 9.17) is 4.74 Å². The molecule has 5 nitrogen and oxygen atoms in total. The number of amides is 1. The average Bonchev–Trinajstić information content (AvgIpc) is 2.74. The van der Waals surface area contributed by atoms with E-state index >= 15 is 0 Å². The fraction of sp³-hybridized carbons (Fsp3) is 0.304. The van der Waals surface area contributed by atoms with Gasteiger partial charge >= 0.3 is 0 Å². The van der Waals surface area contributed by atoms with Crippen LogP contribution in [0.25, 0.3) is 0 Å². The van der Waals surface area contributed by atoms with Crippen LogP contribution in [0.3, 0.4) is 0 Å². The first-order valence-corrected chi connectivity index (χ1v) is 9.53. The lowest BCUT2D eigenvalue weighted by atomic mass is 9.90. The number of carbonyl (C=O) groups is 1. The Hall–Kier alpha value is -3.26. The topological polar surface area (TPSA) is 65.4 Å². The Morgan fingerprint density at radius 3 is 2.46 bits per heavy atom. The number of ether oxygens (including phenoxy) is 1. The zero-order valence-corrected chi connectivity index (χ0v) is 16.1. The number of rotatable bonds is 6. The molecule has 0 aromatic heterocycles. The van der Waals surface area contributed by atoms with E-state index in [1.54, 1.807) is 37.6 Å². The molecule has 144 valence electrons. The first-order chi connectivity index (χ1) is 13.7. The lowest BCUT2D eigenvalue weighted by molar-refractivity contribution is -0.112. The van der Waals surface area contributed by atoms with Crippen molar-refractivity contribution < 1.29 is 9.53 Å². The summed E-state index contributed by atoms with van der Waals surface area (Å²) >= 11 is 0. The molecular weight excluding hydrogens is 350 g/mol. The molecule has 2 aromatic rings. The van der Waals surface area contributed by atoms with Gasteiger partial charge in [0.2, 0.25) is 0 Å². The molecule has 0 atom stereocenters. The third-order valence-electron chi connectivity index (χ3n) is 5.04. The van der Waals surface area contributed by atoms with E-state index in [1.807, 2.05) is 12.1 Å². The monoisotopic (exact) mass is 375 g/mol. The molecule has 0 aliphatic carbocycles. The summed E-state index contributed by atoms with van der Waals surface area (Å²) in [6.45, 7) is 1.72. The minimum atomic E-state index is -0.390. The highest BCUT2D eigenvalue weighted by atomic mass is 16.5. The second kappa shape index (κ2) is 9.61. The minimum Gasteiger partial charge on any atom is -0.497 e. The zero-order chi connectivity index (χ0) is 19.8. The van der Waals surface area contributed by atoms with Gasteiger partial charge in [0.25, 0.3) is 5.91 Å². The van der Waals surface area contributed by atoms with E-state index in [9.17, 15) is 10.1 Å². The number of piperidine rings is 1. The number of likely N-dealkylation sites (tertiary alicyclic amines) is 1.